The lowest BCUT2D eigenvalue weighted by Gasteiger charge is -2.34. The van der Waals surface area contributed by atoms with Crippen LogP contribution in [-0.4, -0.2) is 42.8 Å². The summed E-state index contributed by atoms with van der Waals surface area (Å²) in [5.74, 6) is 0.236. The molecule has 1 aliphatic carbocycles. The lowest BCUT2D eigenvalue weighted by molar-refractivity contribution is -0.178. The van der Waals surface area contributed by atoms with E-state index in [1.165, 1.54) is 19.3 Å². The topological polar surface area (TPSA) is 29.5 Å². The van der Waals surface area contributed by atoms with Gasteiger partial charge in [0.15, 0.2) is 0 Å². The lowest BCUT2D eigenvalue weighted by atomic mass is 9.83. The Morgan fingerprint density at radius 3 is 2.45 bits per heavy atom. The van der Waals surface area contributed by atoms with E-state index in [1.807, 2.05) is 0 Å². The fourth-order valence-electron chi connectivity index (χ4n) is 3.45. The Bertz CT molecular complexity index is 327. The predicted molar refractivity (Wildman–Crippen MR) is 68.2 cm³/mol. The van der Waals surface area contributed by atoms with Gasteiger partial charge in [0.2, 0.25) is 5.91 Å². The van der Waals surface area contributed by atoms with Crippen molar-refractivity contribution in [1.82, 2.24) is 4.90 Å². The molecule has 116 valence electrons. The molecule has 6 heteroatoms. The molecule has 3 nitrogen and oxygen atoms in total. The van der Waals surface area contributed by atoms with Crippen molar-refractivity contribution in [3.63, 3.8) is 0 Å². The standard InChI is InChI=1S/C14H22F3NO2/c15-14(16,17)10-20-9-13(19)18-8-4-7-12(18)11-5-2-1-3-6-11/h11-12H,1-10H2/t12-/m0/s1. The Morgan fingerprint density at radius 1 is 1.10 bits per heavy atom. The van der Waals surface area contributed by atoms with Crippen LogP contribution < -0.4 is 0 Å². The Hall–Kier alpha value is -0.780. The van der Waals surface area contributed by atoms with E-state index in [2.05, 4.69) is 4.74 Å². The van der Waals surface area contributed by atoms with Crippen LogP contribution in [-0.2, 0) is 9.53 Å². The molecule has 0 aromatic carbocycles. The minimum atomic E-state index is -4.37. The van der Waals surface area contributed by atoms with E-state index < -0.39 is 19.4 Å². The van der Waals surface area contributed by atoms with Crippen LogP contribution in [0.3, 0.4) is 0 Å². The Balaban J connectivity index is 1.81. The highest BCUT2D eigenvalue weighted by Crippen LogP contribution is 2.34. The van der Waals surface area contributed by atoms with Crippen LogP contribution in [0.25, 0.3) is 0 Å². The molecule has 1 atom stereocenters. The summed E-state index contributed by atoms with van der Waals surface area (Å²) in [5.41, 5.74) is 0. The molecule has 1 aliphatic heterocycles. The monoisotopic (exact) mass is 293 g/mol. The highest BCUT2D eigenvalue weighted by molar-refractivity contribution is 5.78. The number of nitrogens with zero attached hydrogens (tertiary/aromatic N) is 1. The summed E-state index contributed by atoms with van der Waals surface area (Å²) in [4.78, 5) is 13.8. The summed E-state index contributed by atoms with van der Waals surface area (Å²) in [5, 5.41) is 0. The number of amides is 1. The van der Waals surface area contributed by atoms with Crippen LogP contribution in [0.2, 0.25) is 0 Å². The number of alkyl halides is 3. The number of hydrogen-bond acceptors (Lipinski definition) is 2. The van der Waals surface area contributed by atoms with Crippen LogP contribution in [0.1, 0.15) is 44.9 Å². The zero-order valence-electron chi connectivity index (χ0n) is 11.6. The quantitative estimate of drug-likeness (QED) is 0.797. The van der Waals surface area contributed by atoms with Gasteiger partial charge in [-0.05, 0) is 31.6 Å². The van der Waals surface area contributed by atoms with E-state index in [0.717, 1.165) is 25.7 Å². The summed E-state index contributed by atoms with van der Waals surface area (Å²) in [6.45, 7) is -1.14. The molecule has 1 heterocycles. The molecule has 0 radical (unpaired) electrons. The first-order valence-electron chi connectivity index (χ1n) is 7.41. The molecule has 2 fully saturated rings. The third-order valence-electron chi connectivity index (χ3n) is 4.30. The molecule has 0 aromatic rings. The second-order valence-electron chi connectivity index (χ2n) is 5.80. The predicted octanol–water partition coefficient (Wildman–Crippen LogP) is 3.14. The number of halogens is 3. The smallest absolute Gasteiger partial charge is 0.362 e. The zero-order valence-corrected chi connectivity index (χ0v) is 11.6. The first-order valence-corrected chi connectivity index (χ1v) is 7.41. The summed E-state index contributed by atoms with van der Waals surface area (Å²) >= 11 is 0. The van der Waals surface area contributed by atoms with E-state index >= 15 is 0 Å². The normalized spacial score (nSPS) is 25.1. The Kier molecular flexibility index (Phi) is 5.29. The van der Waals surface area contributed by atoms with Crippen molar-refractivity contribution < 1.29 is 22.7 Å². The van der Waals surface area contributed by atoms with E-state index in [0.29, 0.717) is 12.5 Å². The second-order valence-corrected chi connectivity index (χ2v) is 5.80. The van der Waals surface area contributed by atoms with Gasteiger partial charge in [0.25, 0.3) is 0 Å². The lowest BCUT2D eigenvalue weighted by Crippen LogP contribution is -2.42. The third-order valence-corrected chi connectivity index (χ3v) is 4.30. The van der Waals surface area contributed by atoms with Crippen molar-refractivity contribution in [2.45, 2.75) is 57.2 Å². The molecule has 2 aliphatic rings. The summed E-state index contributed by atoms with van der Waals surface area (Å²) in [6, 6.07) is 0.220. The Labute approximate surface area is 117 Å². The molecule has 20 heavy (non-hydrogen) atoms. The fraction of sp³-hybridized carbons (Fsp3) is 0.929. The minimum absolute atomic E-state index is 0.220. The van der Waals surface area contributed by atoms with Gasteiger partial charge in [-0.15, -0.1) is 0 Å². The van der Waals surface area contributed by atoms with E-state index in [4.69, 9.17) is 0 Å². The van der Waals surface area contributed by atoms with E-state index in [1.54, 1.807) is 4.90 Å². The van der Waals surface area contributed by atoms with Crippen molar-refractivity contribution in [3.05, 3.63) is 0 Å². The van der Waals surface area contributed by atoms with Crippen molar-refractivity contribution in [1.29, 1.82) is 0 Å². The van der Waals surface area contributed by atoms with Crippen LogP contribution in [0.15, 0.2) is 0 Å². The van der Waals surface area contributed by atoms with Crippen molar-refractivity contribution in [3.8, 4) is 0 Å². The van der Waals surface area contributed by atoms with Crippen LogP contribution >= 0.6 is 0 Å². The van der Waals surface area contributed by atoms with Crippen molar-refractivity contribution >= 4 is 5.91 Å². The summed E-state index contributed by atoms with van der Waals surface area (Å²) in [6.07, 6.45) is 3.50. The Morgan fingerprint density at radius 2 is 1.80 bits per heavy atom. The zero-order chi connectivity index (χ0) is 14.6. The maximum Gasteiger partial charge on any atom is 0.411 e. The number of hydrogen-bond donors (Lipinski definition) is 0. The second kappa shape index (κ2) is 6.78. The number of rotatable bonds is 4. The van der Waals surface area contributed by atoms with Gasteiger partial charge < -0.3 is 9.64 Å². The number of ether oxygens (including phenoxy) is 1. The van der Waals surface area contributed by atoms with Gasteiger partial charge in [-0.25, -0.2) is 0 Å². The maximum atomic E-state index is 12.0. The van der Waals surface area contributed by atoms with Crippen LogP contribution in [0.5, 0.6) is 0 Å². The molecule has 0 bridgehead atoms. The van der Waals surface area contributed by atoms with Crippen LogP contribution in [0, 0.1) is 5.92 Å². The molecular weight excluding hydrogens is 271 g/mol. The van der Waals surface area contributed by atoms with Gasteiger partial charge >= 0.3 is 6.18 Å². The molecule has 1 saturated carbocycles. The number of carbonyl (C=O) groups is 1. The molecule has 2 rings (SSSR count). The summed E-state index contributed by atoms with van der Waals surface area (Å²) in [7, 11) is 0. The van der Waals surface area contributed by atoms with E-state index in [9.17, 15) is 18.0 Å². The maximum absolute atomic E-state index is 12.0. The average molecular weight is 293 g/mol. The SMILES string of the molecule is O=C(COCC(F)(F)F)N1CCC[C@H]1C1CCCCC1. The summed E-state index contributed by atoms with van der Waals surface area (Å²) < 4.78 is 40.5. The van der Waals surface area contributed by atoms with Crippen molar-refractivity contribution in [2.24, 2.45) is 5.92 Å². The molecule has 1 amide bonds. The van der Waals surface area contributed by atoms with E-state index in [-0.39, 0.29) is 11.9 Å². The molecule has 0 unspecified atom stereocenters. The van der Waals surface area contributed by atoms with Gasteiger partial charge in [0.05, 0.1) is 0 Å². The van der Waals surface area contributed by atoms with Crippen LogP contribution in [0.4, 0.5) is 13.2 Å². The molecular formula is C14H22F3NO2. The molecule has 1 saturated heterocycles. The van der Waals surface area contributed by atoms with Gasteiger partial charge in [-0.3, -0.25) is 4.79 Å². The minimum Gasteiger partial charge on any atom is -0.362 e. The highest BCUT2D eigenvalue weighted by Gasteiger charge is 2.35. The van der Waals surface area contributed by atoms with Gasteiger partial charge in [-0.2, -0.15) is 13.2 Å². The number of likely N-dealkylation sites (tertiary alicyclic amines) is 1. The highest BCUT2D eigenvalue weighted by atomic mass is 19.4. The van der Waals surface area contributed by atoms with Gasteiger partial charge in [-0.1, -0.05) is 19.3 Å². The number of carbonyl (C=O) groups excluding carboxylic acids is 1. The first-order chi connectivity index (χ1) is 9.47. The largest absolute Gasteiger partial charge is 0.411 e. The molecule has 0 N–H and O–H groups in total. The van der Waals surface area contributed by atoms with Gasteiger partial charge in [0.1, 0.15) is 13.2 Å². The van der Waals surface area contributed by atoms with Gasteiger partial charge in [0, 0.05) is 12.6 Å². The first kappa shape index (κ1) is 15.6. The van der Waals surface area contributed by atoms with Crippen molar-refractivity contribution in [2.75, 3.05) is 19.8 Å². The average Bonchev–Trinajstić information content (AvgIpc) is 2.87. The third kappa shape index (κ3) is 4.36. The molecule has 0 aromatic heterocycles. The molecule has 0 spiro atoms. The fourth-order valence-corrected chi connectivity index (χ4v) is 3.45.